The maximum Gasteiger partial charge on any atom is 0.340 e. The number of hydrogen-bond donors (Lipinski definition) is 0. The van der Waals surface area contributed by atoms with Crippen LogP contribution in [0.15, 0.2) is 121 Å². The molecule has 2 aliphatic rings. The maximum atomic E-state index is 13.1. The minimum Gasteiger partial charge on any atom is -0.456 e. The summed E-state index contributed by atoms with van der Waals surface area (Å²) >= 11 is 0. The first-order chi connectivity index (χ1) is 19.1. The van der Waals surface area contributed by atoms with Gasteiger partial charge in [0.1, 0.15) is 11.5 Å². The molecule has 1 unspecified atom stereocenters. The van der Waals surface area contributed by atoms with Gasteiger partial charge in [-0.15, -0.1) is 0 Å². The Kier molecular flexibility index (Phi) is 9.16. The van der Waals surface area contributed by atoms with E-state index in [1.165, 1.54) is 0 Å². The number of nitrogens with zero attached hydrogens (tertiary/aromatic N) is 1. The van der Waals surface area contributed by atoms with Gasteiger partial charge in [-0.1, -0.05) is 80.6 Å². The normalized spacial score (nSPS) is 15.3. The zero-order chi connectivity index (χ0) is 27.0. The summed E-state index contributed by atoms with van der Waals surface area (Å²) in [6, 6.07) is 40.3. The van der Waals surface area contributed by atoms with Crippen LogP contribution in [-0.4, -0.2) is 5.97 Å². The zero-order valence-electron chi connectivity index (χ0n) is 23.8. The fourth-order valence-corrected chi connectivity index (χ4v) is 5.51. The Bertz CT molecular complexity index is 1630. The number of aryl methyl sites for hydroxylation is 1. The topological polar surface area (TPSA) is 38.8 Å². The zero-order valence-corrected chi connectivity index (χ0v) is 26.6. The summed E-state index contributed by atoms with van der Waals surface area (Å²) in [7, 11) is 0. The molecule has 0 saturated heterocycles. The van der Waals surface area contributed by atoms with E-state index in [0.29, 0.717) is 17.1 Å². The summed E-state index contributed by atoms with van der Waals surface area (Å²) in [5, 5.41) is 0. The van der Waals surface area contributed by atoms with Crippen LogP contribution in [0.25, 0.3) is 0 Å². The van der Waals surface area contributed by atoms with E-state index >= 15 is 0 Å². The van der Waals surface area contributed by atoms with E-state index in [2.05, 4.69) is 35.2 Å². The second-order valence-corrected chi connectivity index (χ2v) is 9.40. The Morgan fingerprint density at radius 1 is 0.610 bits per heavy atom. The molecular formula is C36H32NO3Y-. The summed E-state index contributed by atoms with van der Waals surface area (Å²) in [6.07, 6.45) is 0. The van der Waals surface area contributed by atoms with Crippen LogP contribution in [0, 0.1) is 14.4 Å². The molecule has 41 heavy (non-hydrogen) atoms. The summed E-state index contributed by atoms with van der Waals surface area (Å²) in [5.74, 6) is 1.03. The Labute approximate surface area is 267 Å². The van der Waals surface area contributed by atoms with Gasteiger partial charge in [0.15, 0.2) is 5.60 Å². The number of hydrogen-bond acceptors (Lipinski definition) is 4. The van der Waals surface area contributed by atoms with Crippen LogP contribution in [-0.2, 0) is 43.0 Å². The number of rotatable bonds is 3. The number of ether oxygens (including phenoxy) is 2. The van der Waals surface area contributed by atoms with Gasteiger partial charge in [0.05, 0.1) is 5.56 Å². The smallest absolute Gasteiger partial charge is 0.340 e. The molecule has 0 N–H and O–H groups in total. The van der Waals surface area contributed by atoms with Crippen molar-refractivity contribution in [3.63, 3.8) is 0 Å². The fourth-order valence-electron chi connectivity index (χ4n) is 5.51. The predicted octanol–water partition coefficient (Wildman–Crippen LogP) is 9.51. The Hall–Kier alpha value is -3.73. The number of fused-ring (bicyclic) bond motifs is 6. The first-order valence-electron chi connectivity index (χ1n) is 13.3. The van der Waals surface area contributed by atoms with Gasteiger partial charge < -0.3 is 21.8 Å². The molecule has 7 rings (SSSR count). The Balaban J connectivity index is 0.000000948. The standard InChI is InChI=1S/C33H23NO3.C2H6.CH3.Y/c1-22-16-18-28-30(20-22)36-31-21-25(34(23-10-4-2-5-11-23)24-12-6-3-7-13-24)17-19-29(31)33(28)27-15-9-8-14-26(27)32(35)37-33;1-2;;/h2-21H,1H3;1-2H3;1H3;/q;;-1;. The molecule has 203 valence electrons. The summed E-state index contributed by atoms with van der Waals surface area (Å²) in [4.78, 5) is 15.3. The molecule has 2 heterocycles. The third-order valence-electron chi connectivity index (χ3n) is 7.14. The van der Waals surface area contributed by atoms with Gasteiger partial charge in [-0.05, 0) is 61.0 Å². The second kappa shape index (κ2) is 12.4. The number of anilines is 3. The summed E-state index contributed by atoms with van der Waals surface area (Å²) < 4.78 is 12.8. The molecular weight excluding hydrogens is 583 g/mol. The van der Waals surface area contributed by atoms with E-state index < -0.39 is 5.60 Å². The average Bonchev–Trinajstić information content (AvgIpc) is 3.28. The molecule has 5 heteroatoms. The second-order valence-electron chi connectivity index (χ2n) is 9.40. The van der Waals surface area contributed by atoms with Crippen molar-refractivity contribution in [1.29, 1.82) is 0 Å². The van der Waals surface area contributed by atoms with E-state index in [0.717, 1.165) is 39.3 Å². The fraction of sp³-hybridized carbons (Fsp3) is 0.111. The molecule has 0 bridgehead atoms. The minimum absolute atomic E-state index is 0. The van der Waals surface area contributed by atoms with E-state index in [9.17, 15) is 4.79 Å². The van der Waals surface area contributed by atoms with Crippen LogP contribution in [0.1, 0.15) is 46.5 Å². The van der Waals surface area contributed by atoms with Crippen LogP contribution < -0.4 is 9.64 Å². The molecule has 0 aliphatic carbocycles. The van der Waals surface area contributed by atoms with Crippen molar-refractivity contribution in [1.82, 2.24) is 0 Å². The first-order valence-corrected chi connectivity index (χ1v) is 13.3. The van der Waals surface area contributed by atoms with Crippen molar-refractivity contribution in [2.24, 2.45) is 0 Å². The van der Waals surface area contributed by atoms with E-state index in [1.807, 2.05) is 112 Å². The van der Waals surface area contributed by atoms with Crippen molar-refractivity contribution in [3.8, 4) is 11.5 Å². The number of benzene rings is 5. The van der Waals surface area contributed by atoms with Gasteiger partial charge >= 0.3 is 5.97 Å². The number of esters is 1. The SMILES string of the molecule is CC.Cc1ccc2c(c1)Oc1cc(N(c3ccccc3)c3ccccc3)ccc1C21OC(=O)c2ccccc21.[CH3-].[Y]. The minimum atomic E-state index is -1.06. The van der Waals surface area contributed by atoms with Crippen LogP contribution in [0.3, 0.4) is 0 Å². The molecule has 0 amide bonds. The average molecular weight is 616 g/mol. The first kappa shape index (κ1) is 30.2. The largest absolute Gasteiger partial charge is 0.456 e. The third kappa shape index (κ3) is 5.00. The molecule has 0 saturated carbocycles. The molecule has 2 aliphatic heterocycles. The predicted molar refractivity (Wildman–Crippen MR) is 162 cm³/mol. The molecule has 4 nitrogen and oxygen atoms in total. The summed E-state index contributed by atoms with van der Waals surface area (Å²) in [6.45, 7) is 6.03. The van der Waals surface area contributed by atoms with Crippen molar-refractivity contribution >= 4 is 23.0 Å². The molecule has 0 aromatic heterocycles. The van der Waals surface area contributed by atoms with Gasteiger partial charge in [0, 0.05) is 72.5 Å². The number of carbonyl (C=O) groups excluding carboxylic acids is 1. The molecule has 1 spiro atoms. The Morgan fingerprint density at radius 2 is 1.15 bits per heavy atom. The monoisotopic (exact) mass is 615 g/mol. The van der Waals surface area contributed by atoms with Gasteiger partial charge in [-0.3, -0.25) is 0 Å². The maximum absolute atomic E-state index is 13.1. The number of para-hydroxylation sites is 2. The van der Waals surface area contributed by atoms with Gasteiger partial charge in [0.2, 0.25) is 0 Å². The third-order valence-corrected chi connectivity index (χ3v) is 7.14. The molecule has 5 aromatic carbocycles. The van der Waals surface area contributed by atoms with Crippen molar-refractivity contribution < 1.29 is 47.0 Å². The molecule has 5 aromatic rings. The molecule has 1 radical (unpaired) electrons. The summed E-state index contributed by atoms with van der Waals surface area (Å²) in [5.41, 5.74) is 6.09. The van der Waals surface area contributed by atoms with Gasteiger partial charge in [-0.25, -0.2) is 4.79 Å². The van der Waals surface area contributed by atoms with Gasteiger partial charge in [0.25, 0.3) is 0 Å². The Morgan fingerprint density at radius 3 is 1.78 bits per heavy atom. The van der Waals surface area contributed by atoms with E-state index in [1.54, 1.807) is 0 Å². The van der Waals surface area contributed by atoms with Crippen LogP contribution in [0.5, 0.6) is 11.5 Å². The molecule has 0 fully saturated rings. The van der Waals surface area contributed by atoms with Crippen molar-refractivity contribution in [2.45, 2.75) is 26.4 Å². The van der Waals surface area contributed by atoms with Crippen LogP contribution in [0.4, 0.5) is 17.1 Å². The van der Waals surface area contributed by atoms with Crippen LogP contribution >= 0.6 is 0 Å². The van der Waals surface area contributed by atoms with Crippen molar-refractivity contribution in [3.05, 3.63) is 157 Å². The van der Waals surface area contributed by atoms with E-state index in [4.69, 9.17) is 9.47 Å². The van der Waals surface area contributed by atoms with E-state index in [-0.39, 0.29) is 46.1 Å². The van der Waals surface area contributed by atoms with Crippen LogP contribution in [0.2, 0.25) is 0 Å². The number of carbonyl (C=O) groups is 1. The quantitative estimate of drug-likeness (QED) is 0.150. The van der Waals surface area contributed by atoms with Gasteiger partial charge in [-0.2, -0.15) is 0 Å². The molecule has 1 atom stereocenters. The van der Waals surface area contributed by atoms with Crippen molar-refractivity contribution in [2.75, 3.05) is 4.90 Å².